The van der Waals surface area contributed by atoms with Gasteiger partial charge in [0.05, 0.1) is 17.9 Å². The number of aryl methyl sites for hydroxylation is 1. The molecule has 4 heteroatoms. The summed E-state index contributed by atoms with van der Waals surface area (Å²) >= 11 is 0. The molecule has 4 nitrogen and oxygen atoms in total. The SMILES string of the molecule is CCCNC(c1cnnn1C)C1CCCC(C)C1. The van der Waals surface area contributed by atoms with E-state index < -0.39 is 0 Å². The molecular weight excluding hydrogens is 224 g/mol. The summed E-state index contributed by atoms with van der Waals surface area (Å²) in [5.74, 6) is 1.59. The first-order chi connectivity index (χ1) is 8.72. The Morgan fingerprint density at radius 3 is 2.94 bits per heavy atom. The van der Waals surface area contributed by atoms with Gasteiger partial charge in [0.25, 0.3) is 0 Å². The van der Waals surface area contributed by atoms with Gasteiger partial charge in [0.1, 0.15) is 0 Å². The van der Waals surface area contributed by atoms with E-state index in [1.165, 1.54) is 37.8 Å². The van der Waals surface area contributed by atoms with Crippen molar-refractivity contribution in [1.29, 1.82) is 0 Å². The maximum absolute atomic E-state index is 4.09. The lowest BCUT2D eigenvalue weighted by Gasteiger charge is -2.33. The summed E-state index contributed by atoms with van der Waals surface area (Å²) in [5.41, 5.74) is 1.24. The van der Waals surface area contributed by atoms with Crippen molar-refractivity contribution < 1.29 is 0 Å². The average molecular weight is 250 g/mol. The fourth-order valence-electron chi connectivity index (χ4n) is 3.18. The molecule has 0 spiro atoms. The Hall–Kier alpha value is -0.900. The van der Waals surface area contributed by atoms with Crippen LogP contribution in [0.3, 0.4) is 0 Å². The highest BCUT2D eigenvalue weighted by Crippen LogP contribution is 2.36. The summed E-state index contributed by atoms with van der Waals surface area (Å²) in [6, 6.07) is 0.424. The van der Waals surface area contributed by atoms with Gasteiger partial charge in [-0.3, -0.25) is 4.68 Å². The fourth-order valence-corrected chi connectivity index (χ4v) is 3.18. The Morgan fingerprint density at radius 1 is 1.50 bits per heavy atom. The lowest BCUT2D eigenvalue weighted by Crippen LogP contribution is -2.33. The highest BCUT2D eigenvalue weighted by Gasteiger charge is 2.29. The van der Waals surface area contributed by atoms with Crippen molar-refractivity contribution >= 4 is 0 Å². The predicted octanol–water partition coefficient (Wildman–Crippen LogP) is 2.68. The highest BCUT2D eigenvalue weighted by atomic mass is 15.4. The third-order valence-corrected chi connectivity index (χ3v) is 4.13. The minimum absolute atomic E-state index is 0.424. The molecule has 2 rings (SSSR count). The van der Waals surface area contributed by atoms with Crippen molar-refractivity contribution in [3.63, 3.8) is 0 Å². The average Bonchev–Trinajstić information content (AvgIpc) is 2.77. The van der Waals surface area contributed by atoms with E-state index in [1.807, 2.05) is 17.9 Å². The van der Waals surface area contributed by atoms with Crippen LogP contribution in [0.25, 0.3) is 0 Å². The van der Waals surface area contributed by atoms with Gasteiger partial charge < -0.3 is 5.32 Å². The molecule has 0 amide bonds. The Morgan fingerprint density at radius 2 is 2.33 bits per heavy atom. The molecule has 0 aliphatic heterocycles. The quantitative estimate of drug-likeness (QED) is 0.873. The van der Waals surface area contributed by atoms with Crippen LogP contribution in [0.1, 0.15) is 57.7 Å². The Labute approximate surface area is 110 Å². The van der Waals surface area contributed by atoms with Crippen molar-refractivity contribution in [2.45, 2.75) is 52.0 Å². The molecule has 3 atom stereocenters. The Kier molecular flexibility index (Phi) is 4.75. The van der Waals surface area contributed by atoms with Crippen LogP contribution in [0.15, 0.2) is 6.20 Å². The molecule has 1 fully saturated rings. The van der Waals surface area contributed by atoms with E-state index in [4.69, 9.17) is 0 Å². The summed E-state index contributed by atoms with van der Waals surface area (Å²) in [5, 5.41) is 11.8. The first-order valence-corrected chi connectivity index (χ1v) is 7.30. The van der Waals surface area contributed by atoms with E-state index in [0.717, 1.165) is 18.4 Å². The number of rotatable bonds is 5. The number of nitrogens with zero attached hydrogens (tertiary/aromatic N) is 3. The van der Waals surface area contributed by atoms with E-state index in [1.54, 1.807) is 0 Å². The van der Waals surface area contributed by atoms with E-state index in [-0.39, 0.29) is 0 Å². The minimum atomic E-state index is 0.424. The van der Waals surface area contributed by atoms with E-state index in [9.17, 15) is 0 Å². The maximum Gasteiger partial charge on any atom is 0.0756 e. The van der Waals surface area contributed by atoms with Gasteiger partial charge in [0.15, 0.2) is 0 Å². The van der Waals surface area contributed by atoms with Gasteiger partial charge in [-0.15, -0.1) is 5.10 Å². The lowest BCUT2D eigenvalue weighted by molar-refractivity contribution is 0.218. The van der Waals surface area contributed by atoms with Gasteiger partial charge in [-0.1, -0.05) is 31.9 Å². The van der Waals surface area contributed by atoms with E-state index >= 15 is 0 Å². The first kappa shape index (κ1) is 13.5. The molecule has 102 valence electrons. The molecule has 0 saturated heterocycles. The summed E-state index contributed by atoms with van der Waals surface area (Å²) in [6.07, 6.45) is 8.50. The van der Waals surface area contributed by atoms with Crippen LogP contribution in [0.2, 0.25) is 0 Å². The second-order valence-electron chi connectivity index (χ2n) is 5.75. The van der Waals surface area contributed by atoms with Gasteiger partial charge in [0.2, 0.25) is 0 Å². The van der Waals surface area contributed by atoms with Crippen molar-refractivity contribution in [3.8, 4) is 0 Å². The standard InChI is InChI=1S/C14H26N4/c1-4-8-15-14(13-10-16-17-18(13)3)12-7-5-6-11(2)9-12/h10-12,14-15H,4-9H2,1-3H3. The topological polar surface area (TPSA) is 42.7 Å². The first-order valence-electron chi connectivity index (χ1n) is 7.30. The van der Waals surface area contributed by atoms with E-state index in [0.29, 0.717) is 6.04 Å². The molecule has 0 bridgehead atoms. The van der Waals surface area contributed by atoms with Crippen molar-refractivity contribution in [3.05, 3.63) is 11.9 Å². The maximum atomic E-state index is 4.09. The molecule has 1 aromatic heterocycles. The van der Waals surface area contributed by atoms with Gasteiger partial charge in [-0.2, -0.15) is 0 Å². The second-order valence-corrected chi connectivity index (χ2v) is 5.75. The normalized spacial score (nSPS) is 26.2. The summed E-state index contributed by atoms with van der Waals surface area (Å²) in [4.78, 5) is 0. The molecule has 0 aromatic carbocycles. The monoisotopic (exact) mass is 250 g/mol. The number of aromatic nitrogens is 3. The van der Waals surface area contributed by atoms with Crippen LogP contribution in [0, 0.1) is 11.8 Å². The molecule has 1 N–H and O–H groups in total. The number of hydrogen-bond donors (Lipinski definition) is 1. The molecule has 1 aliphatic carbocycles. The molecule has 0 radical (unpaired) electrons. The molecule has 1 aliphatic rings. The third kappa shape index (κ3) is 3.10. The number of nitrogens with one attached hydrogen (secondary N) is 1. The van der Waals surface area contributed by atoms with Gasteiger partial charge in [-0.25, -0.2) is 0 Å². The molecule has 1 aromatic rings. The summed E-state index contributed by atoms with van der Waals surface area (Å²) in [7, 11) is 2.00. The predicted molar refractivity (Wildman–Crippen MR) is 73.2 cm³/mol. The fraction of sp³-hybridized carbons (Fsp3) is 0.857. The third-order valence-electron chi connectivity index (χ3n) is 4.13. The van der Waals surface area contributed by atoms with Gasteiger partial charge in [0, 0.05) is 7.05 Å². The molecule has 3 unspecified atom stereocenters. The zero-order valence-electron chi connectivity index (χ0n) is 11.9. The number of hydrogen-bond acceptors (Lipinski definition) is 3. The molecule has 1 saturated carbocycles. The summed E-state index contributed by atoms with van der Waals surface area (Å²) in [6.45, 7) is 5.67. The molecule has 18 heavy (non-hydrogen) atoms. The Bertz CT molecular complexity index is 360. The van der Waals surface area contributed by atoms with Crippen LogP contribution < -0.4 is 5.32 Å². The van der Waals surface area contributed by atoms with Crippen molar-refractivity contribution in [2.24, 2.45) is 18.9 Å². The minimum Gasteiger partial charge on any atom is -0.308 e. The molecule has 1 heterocycles. The molecular formula is C14H26N4. The van der Waals surface area contributed by atoms with Crippen LogP contribution in [0.4, 0.5) is 0 Å². The van der Waals surface area contributed by atoms with Gasteiger partial charge >= 0.3 is 0 Å². The van der Waals surface area contributed by atoms with Crippen LogP contribution >= 0.6 is 0 Å². The second kappa shape index (κ2) is 6.32. The van der Waals surface area contributed by atoms with Gasteiger partial charge in [-0.05, 0) is 37.6 Å². The highest BCUT2D eigenvalue weighted by molar-refractivity contribution is 5.04. The lowest BCUT2D eigenvalue weighted by atomic mass is 9.77. The van der Waals surface area contributed by atoms with Crippen molar-refractivity contribution in [1.82, 2.24) is 20.3 Å². The van der Waals surface area contributed by atoms with Crippen LogP contribution in [0.5, 0.6) is 0 Å². The summed E-state index contributed by atoms with van der Waals surface area (Å²) < 4.78 is 1.92. The van der Waals surface area contributed by atoms with Crippen LogP contribution in [-0.4, -0.2) is 21.5 Å². The zero-order chi connectivity index (χ0) is 13.0. The Balaban J connectivity index is 2.11. The smallest absolute Gasteiger partial charge is 0.0756 e. The zero-order valence-corrected chi connectivity index (χ0v) is 11.9. The van der Waals surface area contributed by atoms with E-state index in [2.05, 4.69) is 29.5 Å². The largest absolute Gasteiger partial charge is 0.308 e. The van der Waals surface area contributed by atoms with Crippen molar-refractivity contribution in [2.75, 3.05) is 6.54 Å². The van der Waals surface area contributed by atoms with Crippen LogP contribution in [-0.2, 0) is 7.05 Å².